The second kappa shape index (κ2) is 9.07. The van der Waals surface area contributed by atoms with Gasteiger partial charge in [0, 0.05) is 24.3 Å². The van der Waals surface area contributed by atoms with Crippen LogP contribution >= 0.6 is 12.2 Å². The van der Waals surface area contributed by atoms with Crippen LogP contribution in [0.3, 0.4) is 0 Å². The van der Waals surface area contributed by atoms with E-state index in [2.05, 4.69) is 10.6 Å². The summed E-state index contributed by atoms with van der Waals surface area (Å²) in [5.74, 6) is -0.300. The van der Waals surface area contributed by atoms with Crippen molar-refractivity contribution in [3.8, 4) is 0 Å². The molecule has 2 aromatic carbocycles. The predicted octanol–water partition coefficient (Wildman–Crippen LogP) is 3.15. The molecule has 2 N–H and O–H groups in total. The summed E-state index contributed by atoms with van der Waals surface area (Å²) in [7, 11) is -3.50. The molecule has 0 aliphatic heterocycles. The molecular weight excluding hydrogens is 382 g/mol. The molecule has 0 saturated heterocycles. The van der Waals surface area contributed by atoms with E-state index in [9.17, 15) is 13.2 Å². The van der Waals surface area contributed by atoms with Crippen LogP contribution < -0.4 is 10.6 Å². The van der Waals surface area contributed by atoms with Gasteiger partial charge in [-0.3, -0.25) is 10.1 Å². The number of benzene rings is 2. The fraction of sp³-hybridized carbons (Fsp3) is 0.263. The van der Waals surface area contributed by atoms with Gasteiger partial charge >= 0.3 is 0 Å². The highest BCUT2D eigenvalue weighted by Gasteiger charge is 2.21. The molecule has 0 saturated carbocycles. The van der Waals surface area contributed by atoms with Gasteiger partial charge in [-0.05, 0) is 55.0 Å². The fourth-order valence-corrected chi connectivity index (χ4v) is 4.25. The molecule has 0 atom stereocenters. The normalized spacial score (nSPS) is 11.3. The smallest absolute Gasteiger partial charge is 0.257 e. The van der Waals surface area contributed by atoms with Crippen LogP contribution in [0.15, 0.2) is 53.4 Å². The van der Waals surface area contributed by atoms with Gasteiger partial charge < -0.3 is 5.32 Å². The highest BCUT2D eigenvalue weighted by molar-refractivity contribution is 7.89. The lowest BCUT2D eigenvalue weighted by molar-refractivity contribution is 0.0977. The molecule has 0 heterocycles. The fourth-order valence-electron chi connectivity index (χ4n) is 2.58. The number of thiocarbonyl (C=S) groups is 1. The third-order valence-corrected chi connectivity index (χ3v) is 6.34. The molecule has 2 aromatic rings. The third kappa shape index (κ3) is 5.12. The summed E-state index contributed by atoms with van der Waals surface area (Å²) in [6, 6.07) is 13.5. The van der Waals surface area contributed by atoms with Crippen LogP contribution in [0, 0.1) is 6.92 Å². The molecule has 0 aliphatic rings. The third-order valence-electron chi connectivity index (χ3n) is 4.07. The Balaban J connectivity index is 2.05. The highest BCUT2D eigenvalue weighted by atomic mass is 32.2. The van der Waals surface area contributed by atoms with Gasteiger partial charge in [0.1, 0.15) is 0 Å². The molecule has 0 aliphatic carbocycles. The van der Waals surface area contributed by atoms with E-state index in [1.54, 1.807) is 38.1 Å². The Bertz CT molecular complexity index is 921. The first-order valence-electron chi connectivity index (χ1n) is 8.57. The largest absolute Gasteiger partial charge is 0.332 e. The van der Waals surface area contributed by atoms with Crippen LogP contribution in [0.1, 0.15) is 29.8 Å². The zero-order chi connectivity index (χ0) is 20.0. The Morgan fingerprint density at radius 2 is 1.63 bits per heavy atom. The number of sulfonamides is 1. The van der Waals surface area contributed by atoms with E-state index in [1.165, 1.54) is 16.4 Å². The van der Waals surface area contributed by atoms with Crippen LogP contribution in [0.5, 0.6) is 0 Å². The maximum absolute atomic E-state index is 12.5. The van der Waals surface area contributed by atoms with Crippen molar-refractivity contribution in [3.05, 3.63) is 59.7 Å². The lowest BCUT2D eigenvalue weighted by Gasteiger charge is -2.18. The number of carbonyl (C=O) groups is 1. The van der Waals surface area contributed by atoms with Gasteiger partial charge in [-0.1, -0.05) is 32.0 Å². The average molecular weight is 406 g/mol. The van der Waals surface area contributed by atoms with E-state index in [-0.39, 0.29) is 15.9 Å². The first kappa shape index (κ1) is 21.0. The number of carbonyl (C=O) groups excluding carboxylic acids is 1. The Morgan fingerprint density at radius 1 is 1.04 bits per heavy atom. The van der Waals surface area contributed by atoms with Crippen molar-refractivity contribution in [1.29, 1.82) is 0 Å². The number of hydrogen-bond donors (Lipinski definition) is 2. The maximum atomic E-state index is 12.5. The highest BCUT2D eigenvalue weighted by Crippen LogP contribution is 2.18. The Hall–Kier alpha value is -2.29. The predicted molar refractivity (Wildman–Crippen MR) is 111 cm³/mol. The molecule has 0 aromatic heterocycles. The topological polar surface area (TPSA) is 78.5 Å². The molecule has 0 fully saturated rings. The number of aryl methyl sites for hydroxylation is 1. The van der Waals surface area contributed by atoms with Gasteiger partial charge in [0.15, 0.2) is 5.11 Å². The Labute approximate surface area is 165 Å². The van der Waals surface area contributed by atoms with Gasteiger partial charge in [0.25, 0.3) is 5.91 Å². The van der Waals surface area contributed by atoms with Crippen molar-refractivity contribution in [3.63, 3.8) is 0 Å². The van der Waals surface area contributed by atoms with E-state index in [1.807, 2.05) is 19.1 Å². The van der Waals surface area contributed by atoms with Gasteiger partial charge in [-0.15, -0.1) is 0 Å². The van der Waals surface area contributed by atoms with Crippen molar-refractivity contribution in [1.82, 2.24) is 9.62 Å². The summed E-state index contributed by atoms with van der Waals surface area (Å²) >= 11 is 5.17. The molecule has 8 heteroatoms. The van der Waals surface area contributed by atoms with E-state index in [0.717, 1.165) is 5.56 Å². The van der Waals surface area contributed by atoms with E-state index >= 15 is 0 Å². The van der Waals surface area contributed by atoms with Crippen LogP contribution in [0.25, 0.3) is 0 Å². The monoisotopic (exact) mass is 405 g/mol. The molecule has 0 radical (unpaired) electrons. The molecule has 144 valence electrons. The average Bonchev–Trinajstić information content (AvgIpc) is 2.63. The van der Waals surface area contributed by atoms with Crippen molar-refractivity contribution < 1.29 is 13.2 Å². The number of nitrogens with one attached hydrogen (secondary N) is 2. The van der Waals surface area contributed by atoms with Gasteiger partial charge in [-0.2, -0.15) is 4.31 Å². The molecule has 0 bridgehead atoms. The number of hydrogen-bond acceptors (Lipinski definition) is 4. The van der Waals surface area contributed by atoms with Crippen LogP contribution in [-0.4, -0.2) is 36.8 Å². The summed E-state index contributed by atoms with van der Waals surface area (Å²) < 4.78 is 26.4. The van der Waals surface area contributed by atoms with Crippen LogP contribution in [0.2, 0.25) is 0 Å². The van der Waals surface area contributed by atoms with E-state index in [0.29, 0.717) is 24.3 Å². The second-order valence-electron chi connectivity index (χ2n) is 5.84. The zero-order valence-corrected chi connectivity index (χ0v) is 17.2. The molecule has 0 unspecified atom stereocenters. The standard InChI is InChI=1S/C19H23N3O3S2/c1-4-22(5-2)27(24,25)16-12-10-15(11-13-16)20-19(26)21-18(23)17-9-7-6-8-14(17)3/h6-13H,4-5H2,1-3H3,(H2,20,21,23,26). The van der Waals surface area contributed by atoms with Crippen molar-refractivity contribution in [2.45, 2.75) is 25.7 Å². The molecule has 6 nitrogen and oxygen atoms in total. The number of amides is 1. The Morgan fingerprint density at radius 3 is 2.19 bits per heavy atom. The minimum atomic E-state index is -3.50. The molecule has 2 rings (SSSR count). The summed E-state index contributed by atoms with van der Waals surface area (Å²) in [5, 5.41) is 5.65. The molecule has 1 amide bonds. The van der Waals surface area contributed by atoms with Crippen molar-refractivity contribution in [2.75, 3.05) is 18.4 Å². The Kier molecular flexibility index (Phi) is 7.06. The minimum Gasteiger partial charge on any atom is -0.332 e. The minimum absolute atomic E-state index is 0.141. The van der Waals surface area contributed by atoms with E-state index in [4.69, 9.17) is 12.2 Å². The first-order valence-corrected chi connectivity index (χ1v) is 10.4. The van der Waals surface area contributed by atoms with E-state index < -0.39 is 10.0 Å². The van der Waals surface area contributed by atoms with Crippen LogP contribution in [0.4, 0.5) is 5.69 Å². The molecular formula is C19H23N3O3S2. The first-order chi connectivity index (χ1) is 12.8. The van der Waals surface area contributed by atoms with Gasteiger partial charge in [0.05, 0.1) is 4.90 Å². The summed E-state index contributed by atoms with van der Waals surface area (Å²) in [4.78, 5) is 12.5. The van der Waals surface area contributed by atoms with Gasteiger partial charge in [-0.25, -0.2) is 8.42 Å². The lowest BCUT2D eigenvalue weighted by atomic mass is 10.1. The second-order valence-corrected chi connectivity index (χ2v) is 8.18. The van der Waals surface area contributed by atoms with Crippen molar-refractivity contribution in [2.24, 2.45) is 0 Å². The summed E-state index contributed by atoms with van der Waals surface area (Å²) in [6.45, 7) is 6.27. The SMILES string of the molecule is CCN(CC)S(=O)(=O)c1ccc(NC(=S)NC(=O)c2ccccc2C)cc1. The maximum Gasteiger partial charge on any atom is 0.257 e. The summed E-state index contributed by atoms with van der Waals surface area (Å²) in [5.41, 5.74) is 1.98. The lowest BCUT2D eigenvalue weighted by Crippen LogP contribution is -2.34. The number of anilines is 1. The molecule has 0 spiro atoms. The van der Waals surface area contributed by atoms with Crippen molar-refractivity contribution >= 4 is 38.9 Å². The van der Waals surface area contributed by atoms with Crippen LogP contribution in [-0.2, 0) is 10.0 Å². The number of nitrogens with zero attached hydrogens (tertiary/aromatic N) is 1. The number of rotatable bonds is 6. The van der Waals surface area contributed by atoms with Gasteiger partial charge in [0.2, 0.25) is 10.0 Å². The quantitative estimate of drug-likeness (QED) is 0.722. The summed E-state index contributed by atoms with van der Waals surface area (Å²) in [6.07, 6.45) is 0. The molecule has 27 heavy (non-hydrogen) atoms. The zero-order valence-electron chi connectivity index (χ0n) is 15.5.